The molecular weight excluding hydrogens is 476 g/mol. The van der Waals surface area contributed by atoms with Crippen LogP contribution in [0, 0.1) is 0 Å². The van der Waals surface area contributed by atoms with Gasteiger partial charge in [-0.15, -0.1) is 0 Å². The number of hydrogen-bond donors (Lipinski definition) is 0. The average Bonchev–Trinajstić information content (AvgIpc) is 2.62. The molecule has 0 amide bonds. The Labute approximate surface area is 147 Å². The van der Waals surface area contributed by atoms with Crippen LogP contribution in [-0.4, -0.2) is 43.5 Å². The average molecular weight is 510 g/mol. The molecule has 1 aromatic rings. The third-order valence-corrected chi connectivity index (χ3v) is 44.0. The molecule has 1 aliphatic heterocycles. The van der Waals surface area contributed by atoms with Gasteiger partial charge in [0.2, 0.25) is 0 Å². The molecule has 0 spiro atoms. The molecule has 0 N–H and O–H groups in total. The Kier molecular flexibility index (Phi) is 6.61. The summed E-state index contributed by atoms with van der Waals surface area (Å²) in [6.45, 7) is 0.727. The van der Waals surface area contributed by atoms with Gasteiger partial charge < -0.3 is 0 Å². The SMILES string of the molecule is [CH3][Sn]([CH3])([CH3])[C](=C1CCCCCB1c1ccccc1)[Sn]([CH3])([CH3])[CH3]. The van der Waals surface area contributed by atoms with Gasteiger partial charge >= 0.3 is 148 Å². The van der Waals surface area contributed by atoms with E-state index in [1.54, 1.807) is 5.46 Å². The molecule has 0 nitrogen and oxygen atoms in total. The number of allylic oxidation sites excluding steroid dienone is 1. The van der Waals surface area contributed by atoms with E-state index in [2.05, 4.69) is 61.6 Å². The van der Waals surface area contributed by atoms with Crippen LogP contribution in [0.2, 0.25) is 36.0 Å². The van der Waals surface area contributed by atoms with Crippen LogP contribution in [0.1, 0.15) is 25.7 Å². The van der Waals surface area contributed by atoms with E-state index in [9.17, 15) is 0 Å². The second kappa shape index (κ2) is 7.67. The molecular formula is C19H33BSn2. The summed E-state index contributed by atoms with van der Waals surface area (Å²) >= 11 is -4.07. The molecule has 3 heteroatoms. The predicted octanol–water partition coefficient (Wildman–Crippen LogP) is 5.55. The van der Waals surface area contributed by atoms with Crippen molar-refractivity contribution in [3.8, 4) is 0 Å². The zero-order valence-electron chi connectivity index (χ0n) is 15.5. The fourth-order valence-electron chi connectivity index (χ4n) is 4.63. The summed E-state index contributed by atoms with van der Waals surface area (Å²) in [5.41, 5.74) is 3.51. The van der Waals surface area contributed by atoms with Crippen molar-refractivity contribution in [1.82, 2.24) is 0 Å². The molecule has 0 saturated carbocycles. The van der Waals surface area contributed by atoms with E-state index in [0.29, 0.717) is 0 Å². The van der Waals surface area contributed by atoms with Gasteiger partial charge in [0, 0.05) is 0 Å². The summed E-state index contributed by atoms with van der Waals surface area (Å²) in [7, 11) is 0. The van der Waals surface area contributed by atoms with Crippen molar-refractivity contribution in [2.75, 3.05) is 0 Å². The van der Waals surface area contributed by atoms with Crippen molar-refractivity contribution < 1.29 is 0 Å². The maximum absolute atomic E-state index is 2.66. The van der Waals surface area contributed by atoms with Crippen LogP contribution in [0.5, 0.6) is 0 Å². The molecule has 1 aromatic carbocycles. The topological polar surface area (TPSA) is 0 Å². The van der Waals surface area contributed by atoms with Crippen molar-refractivity contribution in [2.24, 2.45) is 0 Å². The van der Waals surface area contributed by atoms with Crippen LogP contribution in [-0.2, 0) is 0 Å². The predicted molar refractivity (Wildman–Crippen MR) is 109 cm³/mol. The minimum absolute atomic E-state index is 0.727. The van der Waals surface area contributed by atoms with Gasteiger partial charge in [0.1, 0.15) is 0 Å². The zero-order chi connectivity index (χ0) is 16.4. The third kappa shape index (κ3) is 4.81. The Morgan fingerprint density at radius 2 is 1.41 bits per heavy atom. The molecule has 0 aliphatic carbocycles. The van der Waals surface area contributed by atoms with E-state index in [0.717, 1.165) is 6.71 Å². The standard InChI is InChI=1S/C13H15B.6CH3.2Sn/c1-12-8-4-3-7-11-14(12)13-9-5-2-6-10-13;;;;;;;;/h2,5-6,9-10H,3-4,7-8,11H2;6*1H3;;. The summed E-state index contributed by atoms with van der Waals surface area (Å²) in [4.78, 5) is 16.0. The summed E-state index contributed by atoms with van der Waals surface area (Å²) in [6.07, 6.45) is 7.03. The molecule has 1 saturated heterocycles. The molecule has 120 valence electrons. The van der Waals surface area contributed by atoms with E-state index in [-0.39, 0.29) is 0 Å². The molecule has 1 aliphatic rings. The number of rotatable bonds is 3. The van der Waals surface area contributed by atoms with Gasteiger partial charge in [-0.3, -0.25) is 0 Å². The fraction of sp³-hybridized carbons (Fsp3) is 0.579. The fourth-order valence-corrected chi connectivity index (χ4v) is 61.3. The molecule has 1 heterocycles. The first-order valence-electron chi connectivity index (χ1n) is 9.00. The van der Waals surface area contributed by atoms with E-state index in [1.165, 1.54) is 32.0 Å². The first-order valence-corrected chi connectivity index (χ1v) is 29.0. The summed E-state index contributed by atoms with van der Waals surface area (Å²) in [5, 5.41) is 0. The molecule has 0 unspecified atom stereocenters. The second-order valence-corrected chi connectivity index (χ2v) is 41.6. The number of hydrogen-bond acceptors (Lipinski definition) is 0. The van der Waals surface area contributed by atoms with Crippen LogP contribution in [0.4, 0.5) is 0 Å². The van der Waals surface area contributed by atoms with Crippen molar-refractivity contribution in [3.63, 3.8) is 0 Å². The molecule has 0 radical (unpaired) electrons. The van der Waals surface area contributed by atoms with Crippen molar-refractivity contribution in [3.05, 3.63) is 37.4 Å². The monoisotopic (exact) mass is 512 g/mol. The third-order valence-electron chi connectivity index (χ3n) is 4.88. The first kappa shape index (κ1) is 19.0. The molecule has 22 heavy (non-hydrogen) atoms. The van der Waals surface area contributed by atoms with Crippen LogP contribution >= 0.6 is 0 Å². The molecule has 2 rings (SSSR count). The zero-order valence-corrected chi connectivity index (χ0v) is 21.2. The maximum atomic E-state index is 2.66. The van der Waals surface area contributed by atoms with E-state index in [1.807, 2.05) is 5.47 Å². The molecule has 0 bridgehead atoms. The summed E-state index contributed by atoms with van der Waals surface area (Å²) in [6, 6.07) is 11.4. The Balaban J connectivity index is 2.60. The van der Waals surface area contributed by atoms with Gasteiger partial charge in [0.15, 0.2) is 0 Å². The molecule has 0 atom stereocenters. The van der Waals surface area contributed by atoms with Gasteiger partial charge in [0.25, 0.3) is 0 Å². The quantitative estimate of drug-likeness (QED) is 0.469. The van der Waals surface area contributed by atoms with Crippen LogP contribution in [0.3, 0.4) is 0 Å². The number of benzene rings is 1. The summed E-state index contributed by atoms with van der Waals surface area (Å²) < 4.78 is 2.11. The van der Waals surface area contributed by atoms with Gasteiger partial charge in [-0.2, -0.15) is 0 Å². The van der Waals surface area contributed by atoms with Gasteiger partial charge in [0.05, 0.1) is 0 Å². The van der Waals surface area contributed by atoms with Crippen LogP contribution in [0.15, 0.2) is 37.4 Å². The van der Waals surface area contributed by atoms with Crippen molar-refractivity contribution >= 4 is 48.9 Å². The van der Waals surface area contributed by atoms with Gasteiger partial charge in [-0.25, -0.2) is 0 Å². The van der Waals surface area contributed by atoms with Crippen LogP contribution in [0.25, 0.3) is 0 Å². The normalized spacial score (nSPS) is 17.4. The van der Waals surface area contributed by atoms with Crippen molar-refractivity contribution in [2.45, 2.75) is 61.6 Å². The van der Waals surface area contributed by atoms with Gasteiger partial charge in [-0.05, 0) is 0 Å². The summed E-state index contributed by atoms with van der Waals surface area (Å²) in [5.74, 6) is 0. The van der Waals surface area contributed by atoms with E-state index >= 15 is 0 Å². The Morgan fingerprint density at radius 1 is 0.818 bits per heavy atom. The Morgan fingerprint density at radius 3 is 1.95 bits per heavy atom. The second-order valence-electron chi connectivity index (χ2n) is 8.96. The van der Waals surface area contributed by atoms with Crippen LogP contribution < -0.4 is 5.46 Å². The van der Waals surface area contributed by atoms with E-state index in [4.69, 9.17) is 0 Å². The van der Waals surface area contributed by atoms with Gasteiger partial charge in [-0.1, -0.05) is 0 Å². The van der Waals surface area contributed by atoms with E-state index < -0.39 is 36.8 Å². The first-order chi connectivity index (χ1) is 10.2. The Bertz CT molecular complexity index is 505. The van der Waals surface area contributed by atoms with Crippen molar-refractivity contribution in [1.29, 1.82) is 0 Å². The minimum atomic E-state index is -2.04. The molecule has 1 fully saturated rings. The molecule has 0 aromatic heterocycles. The Hall–Kier alpha value is 0.622.